The van der Waals surface area contributed by atoms with Gasteiger partial charge in [-0.1, -0.05) is 42.5 Å². The summed E-state index contributed by atoms with van der Waals surface area (Å²) < 4.78 is 5.86. The lowest BCUT2D eigenvalue weighted by atomic mass is 9.94. The Hall–Kier alpha value is -2.59. The molecule has 0 bridgehead atoms. The lowest BCUT2D eigenvalue weighted by molar-refractivity contribution is -0.175. The summed E-state index contributed by atoms with van der Waals surface area (Å²) in [5.74, 6) is 1.36. The average molecular weight is 323 g/mol. The normalized spacial score (nSPS) is 19.2. The topological polar surface area (TPSA) is 49.8 Å². The SMILES string of the molecule is CC(=O)N(O)[C@@H]1CC=C[C@H]1Cc1cccc(Oc2ccccc2)c1. The third kappa shape index (κ3) is 3.84. The average Bonchev–Trinajstić information content (AvgIpc) is 3.03. The Kier molecular flexibility index (Phi) is 4.96. The molecule has 2 aromatic carbocycles. The van der Waals surface area contributed by atoms with Crippen molar-refractivity contribution in [1.82, 2.24) is 5.06 Å². The van der Waals surface area contributed by atoms with Crippen LogP contribution >= 0.6 is 0 Å². The molecular formula is C20H21NO3. The van der Waals surface area contributed by atoms with Gasteiger partial charge in [0.1, 0.15) is 11.5 Å². The van der Waals surface area contributed by atoms with Crippen LogP contribution in [0, 0.1) is 5.92 Å². The molecule has 0 radical (unpaired) electrons. The van der Waals surface area contributed by atoms with Gasteiger partial charge in [0, 0.05) is 12.8 Å². The van der Waals surface area contributed by atoms with Gasteiger partial charge in [-0.15, -0.1) is 0 Å². The van der Waals surface area contributed by atoms with Gasteiger partial charge in [0.15, 0.2) is 0 Å². The van der Waals surface area contributed by atoms with Crippen LogP contribution in [0.15, 0.2) is 66.7 Å². The molecule has 4 nitrogen and oxygen atoms in total. The minimum Gasteiger partial charge on any atom is -0.457 e. The second kappa shape index (κ2) is 7.32. The van der Waals surface area contributed by atoms with Gasteiger partial charge in [0.2, 0.25) is 5.91 Å². The van der Waals surface area contributed by atoms with E-state index in [9.17, 15) is 10.0 Å². The van der Waals surface area contributed by atoms with Gasteiger partial charge < -0.3 is 4.74 Å². The first-order valence-corrected chi connectivity index (χ1v) is 8.10. The van der Waals surface area contributed by atoms with E-state index in [0.717, 1.165) is 28.5 Å². The molecule has 0 heterocycles. The summed E-state index contributed by atoms with van der Waals surface area (Å²) in [6.07, 6.45) is 5.52. The quantitative estimate of drug-likeness (QED) is 0.509. The number of nitrogens with zero attached hydrogens (tertiary/aromatic N) is 1. The standard InChI is InChI=1S/C20H21NO3/c1-15(22)21(23)20-12-6-8-17(20)13-16-7-5-11-19(14-16)24-18-9-3-2-4-10-18/h2-11,14,17,20,23H,12-13H2,1H3/t17-,20+/m0/s1. The molecule has 1 aliphatic rings. The lowest BCUT2D eigenvalue weighted by Crippen LogP contribution is -2.39. The van der Waals surface area contributed by atoms with Crippen LogP contribution in [0.1, 0.15) is 18.9 Å². The van der Waals surface area contributed by atoms with E-state index in [0.29, 0.717) is 6.42 Å². The molecule has 0 aliphatic heterocycles. The highest BCUT2D eigenvalue weighted by Crippen LogP contribution is 2.28. The molecule has 1 N–H and O–H groups in total. The van der Waals surface area contributed by atoms with Crippen LogP contribution in [0.5, 0.6) is 11.5 Å². The molecule has 0 saturated heterocycles. The molecule has 24 heavy (non-hydrogen) atoms. The maximum absolute atomic E-state index is 11.4. The van der Waals surface area contributed by atoms with E-state index in [1.165, 1.54) is 6.92 Å². The lowest BCUT2D eigenvalue weighted by Gasteiger charge is -2.26. The van der Waals surface area contributed by atoms with Gasteiger partial charge in [-0.05, 0) is 42.7 Å². The van der Waals surface area contributed by atoms with Crippen molar-refractivity contribution in [2.45, 2.75) is 25.8 Å². The number of carbonyl (C=O) groups excluding carboxylic acids is 1. The van der Waals surface area contributed by atoms with Crippen molar-refractivity contribution >= 4 is 5.91 Å². The number of hydroxylamine groups is 2. The molecule has 0 saturated carbocycles. The maximum Gasteiger partial charge on any atom is 0.243 e. The predicted octanol–water partition coefficient (Wildman–Crippen LogP) is 4.20. The number of ether oxygens (including phenoxy) is 1. The first-order valence-electron chi connectivity index (χ1n) is 8.10. The highest BCUT2D eigenvalue weighted by molar-refractivity contribution is 5.72. The first kappa shape index (κ1) is 16.3. The van der Waals surface area contributed by atoms with E-state index in [4.69, 9.17) is 4.74 Å². The number of carbonyl (C=O) groups is 1. The van der Waals surface area contributed by atoms with Gasteiger partial charge in [-0.3, -0.25) is 10.0 Å². The fourth-order valence-corrected chi connectivity index (χ4v) is 3.05. The van der Waals surface area contributed by atoms with E-state index in [1.54, 1.807) is 0 Å². The van der Waals surface area contributed by atoms with E-state index >= 15 is 0 Å². The van der Waals surface area contributed by atoms with Crippen molar-refractivity contribution in [3.63, 3.8) is 0 Å². The summed E-state index contributed by atoms with van der Waals surface area (Å²) in [6, 6.07) is 17.4. The Morgan fingerprint density at radius 1 is 1.17 bits per heavy atom. The van der Waals surface area contributed by atoms with E-state index in [2.05, 4.69) is 6.08 Å². The van der Waals surface area contributed by atoms with Crippen molar-refractivity contribution in [3.05, 3.63) is 72.3 Å². The minimum absolute atomic E-state index is 0.103. The molecular weight excluding hydrogens is 302 g/mol. The molecule has 2 aromatic rings. The number of benzene rings is 2. The molecule has 0 unspecified atom stereocenters. The molecule has 1 aliphatic carbocycles. The minimum atomic E-state index is -0.324. The number of rotatable bonds is 5. The molecule has 124 valence electrons. The van der Waals surface area contributed by atoms with Crippen LogP contribution in [0.3, 0.4) is 0 Å². The monoisotopic (exact) mass is 323 g/mol. The summed E-state index contributed by atoms with van der Waals surface area (Å²) in [6.45, 7) is 1.38. The molecule has 0 fully saturated rings. The predicted molar refractivity (Wildman–Crippen MR) is 92.0 cm³/mol. The van der Waals surface area contributed by atoms with Crippen molar-refractivity contribution in [2.24, 2.45) is 5.92 Å². The van der Waals surface area contributed by atoms with Gasteiger partial charge in [-0.25, -0.2) is 5.06 Å². The van der Waals surface area contributed by atoms with Crippen LogP contribution in [0.2, 0.25) is 0 Å². The van der Waals surface area contributed by atoms with Crippen LogP contribution in [0.4, 0.5) is 0 Å². The summed E-state index contributed by atoms with van der Waals surface area (Å²) in [7, 11) is 0. The zero-order valence-corrected chi connectivity index (χ0v) is 13.6. The number of para-hydroxylation sites is 1. The van der Waals surface area contributed by atoms with Crippen molar-refractivity contribution in [3.8, 4) is 11.5 Å². The van der Waals surface area contributed by atoms with E-state index in [1.807, 2.05) is 60.7 Å². The molecule has 0 spiro atoms. The van der Waals surface area contributed by atoms with Crippen LogP contribution in [-0.2, 0) is 11.2 Å². The molecule has 1 amide bonds. The number of hydrogen-bond acceptors (Lipinski definition) is 3. The smallest absolute Gasteiger partial charge is 0.243 e. The second-order valence-corrected chi connectivity index (χ2v) is 6.03. The molecule has 3 rings (SSSR count). The number of amides is 1. The Morgan fingerprint density at radius 3 is 2.67 bits per heavy atom. The highest BCUT2D eigenvalue weighted by Gasteiger charge is 2.29. The highest BCUT2D eigenvalue weighted by atomic mass is 16.5. The molecule has 2 atom stereocenters. The Bertz CT molecular complexity index is 727. The van der Waals surface area contributed by atoms with Crippen LogP contribution < -0.4 is 4.74 Å². The van der Waals surface area contributed by atoms with Crippen molar-refractivity contribution < 1.29 is 14.7 Å². The van der Waals surface area contributed by atoms with Gasteiger partial charge in [0.05, 0.1) is 6.04 Å². The summed E-state index contributed by atoms with van der Waals surface area (Å²) in [5.41, 5.74) is 1.11. The first-order chi connectivity index (χ1) is 11.6. The van der Waals surface area contributed by atoms with Crippen molar-refractivity contribution in [2.75, 3.05) is 0 Å². The van der Waals surface area contributed by atoms with E-state index < -0.39 is 0 Å². The van der Waals surface area contributed by atoms with Gasteiger partial charge >= 0.3 is 0 Å². The largest absolute Gasteiger partial charge is 0.457 e. The van der Waals surface area contributed by atoms with Crippen molar-refractivity contribution in [1.29, 1.82) is 0 Å². The summed E-state index contributed by atoms with van der Waals surface area (Å²) in [5, 5.41) is 10.8. The summed E-state index contributed by atoms with van der Waals surface area (Å²) >= 11 is 0. The third-order valence-corrected chi connectivity index (χ3v) is 4.24. The molecule has 0 aromatic heterocycles. The van der Waals surface area contributed by atoms with Crippen LogP contribution in [0.25, 0.3) is 0 Å². The zero-order chi connectivity index (χ0) is 16.9. The Morgan fingerprint density at radius 2 is 1.92 bits per heavy atom. The fraction of sp³-hybridized carbons (Fsp3) is 0.250. The fourth-order valence-electron chi connectivity index (χ4n) is 3.05. The third-order valence-electron chi connectivity index (χ3n) is 4.24. The Labute approximate surface area is 141 Å². The maximum atomic E-state index is 11.4. The van der Waals surface area contributed by atoms with Crippen LogP contribution in [-0.4, -0.2) is 22.2 Å². The van der Waals surface area contributed by atoms with Gasteiger partial charge in [-0.2, -0.15) is 0 Å². The zero-order valence-electron chi connectivity index (χ0n) is 13.6. The van der Waals surface area contributed by atoms with Gasteiger partial charge in [0.25, 0.3) is 0 Å². The van der Waals surface area contributed by atoms with E-state index in [-0.39, 0.29) is 17.9 Å². The number of hydrogen-bond donors (Lipinski definition) is 1. The second-order valence-electron chi connectivity index (χ2n) is 6.03. The Balaban J connectivity index is 1.70. The summed E-state index contributed by atoms with van der Waals surface area (Å²) in [4.78, 5) is 11.4. The molecule has 4 heteroatoms.